The topological polar surface area (TPSA) is 94.1 Å². The van der Waals surface area contributed by atoms with Crippen molar-refractivity contribution in [3.8, 4) is 12.1 Å². The first kappa shape index (κ1) is 20.8. The Bertz CT molecular complexity index is 233. The minimum atomic E-state index is -0.690. The smallest absolute Gasteiger partial charge is 0.301 e. The fourth-order valence-corrected chi connectivity index (χ4v) is 0.183. The number of hydrogen-bond donors (Lipinski definition) is 1. The average Bonchev–Trinajstić information content (AvgIpc) is 2.37. The molecule has 0 saturated carbocycles. The Morgan fingerprint density at radius 1 is 1.18 bits per heavy atom. The second-order valence-electron chi connectivity index (χ2n) is 3.46. The molecule has 0 bridgehead atoms. The van der Waals surface area contributed by atoms with Crippen molar-refractivity contribution in [2.24, 2.45) is 11.8 Å². The quantitative estimate of drug-likeness (QED) is 0.593. The summed E-state index contributed by atoms with van der Waals surface area (Å²) in [5.74, 6) is -0.208. The maximum Gasteiger partial charge on any atom is 0.339 e. The van der Waals surface area contributed by atoms with E-state index in [4.69, 9.17) is 15.8 Å². The predicted molar refractivity (Wildman–Crippen MR) is 64.5 cm³/mol. The minimum Gasteiger partial charge on any atom is -0.301 e. The summed E-state index contributed by atoms with van der Waals surface area (Å²) in [4.78, 5) is 12.5. The SMILES string of the molecule is CC(=O)OO.CCC(C)C#N.CCC(C)C#N. The van der Waals surface area contributed by atoms with Gasteiger partial charge in [-0.1, -0.05) is 13.8 Å². The normalized spacial score (nSPS) is 11.1. The van der Waals surface area contributed by atoms with Crippen LogP contribution in [0, 0.1) is 34.5 Å². The van der Waals surface area contributed by atoms with Crippen LogP contribution in [0.1, 0.15) is 47.5 Å². The summed E-state index contributed by atoms with van der Waals surface area (Å²) in [5.41, 5.74) is 0. The molecule has 0 saturated heterocycles. The van der Waals surface area contributed by atoms with Crippen molar-refractivity contribution < 1.29 is 14.9 Å². The first-order valence-corrected chi connectivity index (χ1v) is 5.50. The predicted octanol–water partition coefficient (Wildman–Crippen LogP) is 3.13. The molecular weight excluding hydrogens is 220 g/mol. The van der Waals surface area contributed by atoms with Gasteiger partial charge in [0.05, 0.1) is 12.1 Å². The zero-order valence-corrected chi connectivity index (χ0v) is 11.2. The van der Waals surface area contributed by atoms with Crippen LogP contribution in [-0.4, -0.2) is 11.2 Å². The van der Waals surface area contributed by atoms with Gasteiger partial charge >= 0.3 is 5.97 Å². The molecule has 0 fully saturated rings. The van der Waals surface area contributed by atoms with Gasteiger partial charge in [-0.3, -0.25) is 0 Å². The van der Waals surface area contributed by atoms with Crippen molar-refractivity contribution in [1.82, 2.24) is 0 Å². The van der Waals surface area contributed by atoms with Gasteiger partial charge in [0.25, 0.3) is 0 Å². The van der Waals surface area contributed by atoms with Crippen LogP contribution in [0.5, 0.6) is 0 Å². The molecule has 2 atom stereocenters. The van der Waals surface area contributed by atoms with Crippen LogP contribution >= 0.6 is 0 Å². The molecule has 0 aromatic rings. The molecule has 17 heavy (non-hydrogen) atoms. The van der Waals surface area contributed by atoms with Gasteiger partial charge in [-0.25, -0.2) is 4.79 Å². The van der Waals surface area contributed by atoms with E-state index in [0.717, 1.165) is 19.8 Å². The van der Waals surface area contributed by atoms with Crippen molar-refractivity contribution in [2.45, 2.75) is 47.5 Å². The number of hydrogen-bond acceptors (Lipinski definition) is 5. The van der Waals surface area contributed by atoms with E-state index >= 15 is 0 Å². The number of carbonyl (C=O) groups excluding carboxylic acids is 1. The lowest BCUT2D eigenvalue weighted by molar-refractivity contribution is -0.231. The maximum atomic E-state index is 9.34. The van der Waals surface area contributed by atoms with Gasteiger partial charge in [-0.05, 0) is 26.7 Å². The Labute approximate surface area is 104 Å². The van der Waals surface area contributed by atoms with E-state index in [0.29, 0.717) is 0 Å². The Kier molecular flexibility index (Phi) is 20.6. The number of nitrogens with zero attached hydrogens (tertiary/aromatic N) is 2. The number of nitriles is 2. The first-order chi connectivity index (χ1) is 7.89. The summed E-state index contributed by atoms with van der Waals surface area (Å²) >= 11 is 0. The maximum absolute atomic E-state index is 9.34. The molecule has 2 unspecified atom stereocenters. The lowest BCUT2D eigenvalue weighted by Gasteiger charge is -1.87. The van der Waals surface area contributed by atoms with E-state index in [9.17, 15) is 4.79 Å². The lowest BCUT2D eigenvalue weighted by atomic mass is 10.2. The minimum absolute atomic E-state index is 0.241. The third-order valence-electron chi connectivity index (χ3n) is 1.79. The third kappa shape index (κ3) is 31.4. The van der Waals surface area contributed by atoms with Crippen molar-refractivity contribution in [3.05, 3.63) is 0 Å². The fraction of sp³-hybridized carbons (Fsp3) is 0.750. The summed E-state index contributed by atoms with van der Waals surface area (Å²) in [6, 6.07) is 4.23. The molecule has 0 rings (SSSR count). The van der Waals surface area contributed by atoms with Crippen molar-refractivity contribution >= 4 is 5.97 Å². The molecule has 0 radical (unpaired) electrons. The van der Waals surface area contributed by atoms with Crippen molar-refractivity contribution in [3.63, 3.8) is 0 Å². The summed E-state index contributed by atoms with van der Waals surface area (Å²) in [5, 5.41) is 23.5. The number of rotatable bonds is 2. The molecule has 0 heterocycles. The highest BCUT2D eigenvalue weighted by atomic mass is 17.1. The van der Waals surface area contributed by atoms with Gasteiger partial charge in [0.15, 0.2) is 0 Å². The molecule has 0 aromatic heterocycles. The monoisotopic (exact) mass is 242 g/mol. The highest BCUT2D eigenvalue weighted by Crippen LogP contribution is 1.94. The molecule has 98 valence electrons. The molecule has 0 aliphatic rings. The Balaban J connectivity index is -0.000000174. The number of carbonyl (C=O) groups is 1. The molecule has 0 aliphatic carbocycles. The molecule has 0 aromatic carbocycles. The van der Waals surface area contributed by atoms with Crippen molar-refractivity contribution in [2.75, 3.05) is 0 Å². The molecule has 0 amide bonds. The van der Waals surface area contributed by atoms with E-state index in [2.05, 4.69) is 17.0 Å². The Hall–Kier alpha value is -1.59. The van der Waals surface area contributed by atoms with Crippen molar-refractivity contribution in [1.29, 1.82) is 10.5 Å². The van der Waals surface area contributed by atoms with E-state index in [1.807, 2.05) is 27.7 Å². The van der Waals surface area contributed by atoms with Crippen LogP contribution in [-0.2, 0) is 9.68 Å². The summed E-state index contributed by atoms with van der Waals surface area (Å²) in [7, 11) is 0. The largest absolute Gasteiger partial charge is 0.339 e. The van der Waals surface area contributed by atoms with Crippen LogP contribution < -0.4 is 0 Å². The zero-order chi connectivity index (χ0) is 14.3. The second-order valence-corrected chi connectivity index (χ2v) is 3.46. The van der Waals surface area contributed by atoms with E-state index in [1.54, 1.807) is 0 Å². The fourth-order valence-electron chi connectivity index (χ4n) is 0.183. The van der Waals surface area contributed by atoms with Crippen LogP contribution in [0.2, 0.25) is 0 Å². The van der Waals surface area contributed by atoms with Gasteiger partial charge < -0.3 is 4.89 Å². The van der Waals surface area contributed by atoms with Gasteiger partial charge in [0.1, 0.15) is 0 Å². The second kappa shape index (κ2) is 16.8. The summed E-state index contributed by atoms with van der Waals surface area (Å²) < 4.78 is 0. The highest BCUT2D eigenvalue weighted by Gasteiger charge is 1.89. The van der Waals surface area contributed by atoms with Gasteiger partial charge in [0, 0.05) is 18.8 Å². The van der Waals surface area contributed by atoms with Crippen LogP contribution in [0.3, 0.4) is 0 Å². The molecule has 1 N–H and O–H groups in total. The first-order valence-electron chi connectivity index (χ1n) is 5.50. The molecule has 5 nitrogen and oxygen atoms in total. The van der Waals surface area contributed by atoms with Crippen LogP contribution in [0.15, 0.2) is 0 Å². The summed E-state index contributed by atoms with van der Waals surface area (Å²) in [6.45, 7) is 8.96. The molecular formula is C12H22N2O3. The van der Waals surface area contributed by atoms with E-state index in [1.165, 1.54) is 0 Å². The molecule has 5 heteroatoms. The average molecular weight is 242 g/mol. The Morgan fingerprint density at radius 2 is 1.41 bits per heavy atom. The standard InChI is InChI=1S/2C5H9N.C2H4O3/c2*1-3-5(2)4-6;1-2(3)5-4/h2*5H,3H2,1-2H3;4H,1H3. The van der Waals surface area contributed by atoms with Gasteiger partial charge in [0.2, 0.25) is 0 Å². The lowest BCUT2D eigenvalue weighted by Crippen LogP contribution is -1.89. The Morgan fingerprint density at radius 3 is 1.41 bits per heavy atom. The summed E-state index contributed by atoms with van der Waals surface area (Å²) in [6.07, 6.45) is 1.94. The third-order valence-corrected chi connectivity index (χ3v) is 1.79. The van der Waals surface area contributed by atoms with Gasteiger partial charge in [-0.2, -0.15) is 15.8 Å². The highest BCUT2D eigenvalue weighted by molar-refractivity contribution is 5.64. The van der Waals surface area contributed by atoms with E-state index < -0.39 is 5.97 Å². The molecule has 0 spiro atoms. The van der Waals surface area contributed by atoms with E-state index in [-0.39, 0.29) is 11.8 Å². The van der Waals surface area contributed by atoms with Gasteiger partial charge in [-0.15, -0.1) is 0 Å². The van der Waals surface area contributed by atoms with Crippen LogP contribution in [0.4, 0.5) is 0 Å². The molecule has 0 aliphatic heterocycles. The zero-order valence-electron chi connectivity index (χ0n) is 11.2. The van der Waals surface area contributed by atoms with Crippen LogP contribution in [0.25, 0.3) is 0 Å².